The van der Waals surface area contributed by atoms with E-state index >= 15 is 0 Å². The summed E-state index contributed by atoms with van der Waals surface area (Å²) < 4.78 is 0. The molecule has 0 spiro atoms. The minimum Gasteiger partial charge on any atom is -0.411 e. The third-order valence-electron chi connectivity index (χ3n) is 8.77. The van der Waals surface area contributed by atoms with Gasteiger partial charge >= 0.3 is 0 Å². The van der Waals surface area contributed by atoms with Crippen LogP contribution in [0.1, 0.15) is 151 Å². The van der Waals surface area contributed by atoms with Crippen LogP contribution in [0.4, 0.5) is 0 Å². The van der Waals surface area contributed by atoms with E-state index in [4.69, 9.17) is 0 Å². The molecule has 0 aliphatic rings. The second-order valence-corrected chi connectivity index (χ2v) is 12.4. The number of oxime groups is 1. The highest BCUT2D eigenvalue weighted by atomic mass is 16.4. The predicted octanol–water partition coefficient (Wildman–Crippen LogP) is 10.0. The standard InChI is InChI=1S/C37H59NO3/c1-5-7-9-11-13-21-31(36-23-17-15-19-29(36)3)25-34(39)27-33(38-41)28-35(40)26-32(22-14-12-10-8-6-2)37-24-18-16-20-30(37)4/h15-20,23-24,31-32,34-35,39-41H,5-14,21-22,25-28H2,1-4H3. The maximum absolute atomic E-state index is 11.1. The van der Waals surface area contributed by atoms with E-state index in [2.05, 4.69) is 81.4 Å². The summed E-state index contributed by atoms with van der Waals surface area (Å²) in [6, 6.07) is 17.0. The Labute approximate surface area is 251 Å². The van der Waals surface area contributed by atoms with Crippen LogP contribution >= 0.6 is 0 Å². The Balaban J connectivity index is 1.99. The van der Waals surface area contributed by atoms with E-state index in [0.717, 1.165) is 25.7 Å². The molecule has 3 N–H and O–H groups in total. The van der Waals surface area contributed by atoms with Crippen LogP contribution < -0.4 is 0 Å². The average Bonchev–Trinajstić information content (AvgIpc) is 2.96. The minimum absolute atomic E-state index is 0.274. The van der Waals surface area contributed by atoms with Crippen molar-refractivity contribution >= 4 is 5.71 Å². The van der Waals surface area contributed by atoms with E-state index in [9.17, 15) is 15.4 Å². The van der Waals surface area contributed by atoms with Crippen LogP contribution in [0.25, 0.3) is 0 Å². The van der Waals surface area contributed by atoms with Crippen LogP contribution in [-0.2, 0) is 0 Å². The van der Waals surface area contributed by atoms with Gasteiger partial charge in [-0.25, -0.2) is 0 Å². The molecule has 4 heteroatoms. The van der Waals surface area contributed by atoms with Crippen molar-refractivity contribution in [2.75, 3.05) is 0 Å². The third kappa shape index (κ3) is 13.6. The fourth-order valence-corrected chi connectivity index (χ4v) is 6.41. The summed E-state index contributed by atoms with van der Waals surface area (Å²) in [6.07, 6.45) is 15.1. The average molecular weight is 566 g/mol. The number of aryl methyl sites for hydroxylation is 2. The normalized spacial score (nSPS) is 14.4. The van der Waals surface area contributed by atoms with E-state index in [1.807, 2.05) is 0 Å². The van der Waals surface area contributed by atoms with Crippen LogP contribution in [0.2, 0.25) is 0 Å². The van der Waals surface area contributed by atoms with Crippen molar-refractivity contribution in [1.29, 1.82) is 0 Å². The Morgan fingerprint density at radius 1 is 0.610 bits per heavy atom. The van der Waals surface area contributed by atoms with Crippen molar-refractivity contribution in [3.05, 3.63) is 70.8 Å². The molecule has 4 unspecified atom stereocenters. The summed E-state index contributed by atoms with van der Waals surface area (Å²) in [5.74, 6) is 0.548. The van der Waals surface area contributed by atoms with Crippen molar-refractivity contribution in [3.8, 4) is 0 Å². The molecule has 230 valence electrons. The number of hydrogen-bond acceptors (Lipinski definition) is 4. The van der Waals surface area contributed by atoms with Gasteiger partial charge in [-0.1, -0.05) is 132 Å². The molecule has 0 radical (unpaired) electrons. The molecule has 0 aliphatic heterocycles. The van der Waals surface area contributed by atoms with Gasteiger partial charge in [-0.3, -0.25) is 0 Å². The first-order valence-corrected chi connectivity index (χ1v) is 16.6. The van der Waals surface area contributed by atoms with Gasteiger partial charge in [-0.2, -0.15) is 0 Å². The van der Waals surface area contributed by atoms with Gasteiger partial charge in [0.15, 0.2) is 0 Å². The molecule has 2 rings (SSSR count). The van der Waals surface area contributed by atoms with Crippen LogP contribution in [0.5, 0.6) is 0 Å². The zero-order chi connectivity index (χ0) is 29.9. The van der Waals surface area contributed by atoms with Gasteiger partial charge in [0.05, 0.1) is 17.9 Å². The molecule has 0 amide bonds. The lowest BCUT2D eigenvalue weighted by Gasteiger charge is -2.24. The molecular formula is C37H59NO3. The van der Waals surface area contributed by atoms with Crippen molar-refractivity contribution < 1.29 is 15.4 Å². The number of nitrogens with zero attached hydrogens (tertiary/aromatic N) is 1. The fraction of sp³-hybridized carbons (Fsp3) is 0.649. The van der Waals surface area contributed by atoms with Gasteiger partial charge in [-0.05, 0) is 73.6 Å². The van der Waals surface area contributed by atoms with Crippen molar-refractivity contribution in [2.24, 2.45) is 5.16 Å². The van der Waals surface area contributed by atoms with E-state index in [1.54, 1.807) is 0 Å². The number of unbranched alkanes of at least 4 members (excludes halogenated alkanes) is 8. The van der Waals surface area contributed by atoms with Gasteiger partial charge in [0.2, 0.25) is 0 Å². The number of hydrogen-bond donors (Lipinski definition) is 3. The molecule has 2 aromatic carbocycles. The first-order valence-electron chi connectivity index (χ1n) is 16.6. The Morgan fingerprint density at radius 2 is 1.00 bits per heavy atom. The summed E-state index contributed by atoms with van der Waals surface area (Å²) in [7, 11) is 0. The van der Waals surface area contributed by atoms with Gasteiger partial charge in [0.25, 0.3) is 0 Å². The monoisotopic (exact) mass is 565 g/mol. The molecular weight excluding hydrogens is 506 g/mol. The number of aliphatic hydroxyl groups is 2. The molecule has 0 bridgehead atoms. The van der Waals surface area contributed by atoms with Crippen LogP contribution in [0.15, 0.2) is 53.7 Å². The molecule has 0 aliphatic carbocycles. The molecule has 0 aromatic heterocycles. The maximum atomic E-state index is 11.1. The lowest BCUT2D eigenvalue weighted by Crippen LogP contribution is -2.22. The molecule has 0 fully saturated rings. The predicted molar refractivity (Wildman–Crippen MR) is 174 cm³/mol. The van der Waals surface area contributed by atoms with E-state index in [1.165, 1.54) is 73.6 Å². The number of benzene rings is 2. The van der Waals surface area contributed by atoms with Crippen LogP contribution in [0, 0.1) is 13.8 Å². The molecule has 0 heterocycles. The molecule has 2 aromatic rings. The maximum Gasteiger partial charge on any atom is 0.0622 e. The summed E-state index contributed by atoms with van der Waals surface area (Å²) in [5.41, 5.74) is 5.64. The number of rotatable bonds is 22. The molecule has 0 saturated heterocycles. The lowest BCUT2D eigenvalue weighted by molar-refractivity contribution is 0.146. The second kappa shape index (κ2) is 20.7. The Kier molecular flexibility index (Phi) is 17.7. The highest BCUT2D eigenvalue weighted by Gasteiger charge is 2.23. The lowest BCUT2D eigenvalue weighted by atomic mass is 9.83. The van der Waals surface area contributed by atoms with E-state index < -0.39 is 12.2 Å². The number of aliphatic hydroxyl groups excluding tert-OH is 2. The quantitative estimate of drug-likeness (QED) is 0.0575. The van der Waals surface area contributed by atoms with E-state index in [0.29, 0.717) is 18.6 Å². The van der Waals surface area contributed by atoms with Crippen molar-refractivity contribution in [2.45, 2.75) is 154 Å². The van der Waals surface area contributed by atoms with E-state index in [-0.39, 0.29) is 24.7 Å². The van der Waals surface area contributed by atoms with Gasteiger partial charge in [0, 0.05) is 12.8 Å². The first-order chi connectivity index (χ1) is 19.9. The highest BCUT2D eigenvalue weighted by Crippen LogP contribution is 2.33. The zero-order valence-corrected chi connectivity index (χ0v) is 26.5. The third-order valence-corrected chi connectivity index (χ3v) is 8.77. The molecule has 4 atom stereocenters. The van der Waals surface area contributed by atoms with Crippen molar-refractivity contribution in [3.63, 3.8) is 0 Å². The van der Waals surface area contributed by atoms with Crippen LogP contribution in [-0.4, -0.2) is 33.3 Å². The smallest absolute Gasteiger partial charge is 0.0622 e. The zero-order valence-electron chi connectivity index (χ0n) is 26.5. The fourth-order valence-electron chi connectivity index (χ4n) is 6.41. The van der Waals surface area contributed by atoms with Gasteiger partial charge in [0.1, 0.15) is 0 Å². The Bertz CT molecular complexity index is 912. The molecule has 41 heavy (non-hydrogen) atoms. The van der Waals surface area contributed by atoms with Gasteiger partial charge < -0.3 is 15.4 Å². The minimum atomic E-state index is -0.612. The summed E-state index contributed by atoms with van der Waals surface area (Å²) >= 11 is 0. The Morgan fingerprint density at radius 3 is 1.37 bits per heavy atom. The molecule has 4 nitrogen and oxygen atoms in total. The summed E-state index contributed by atoms with van der Waals surface area (Å²) in [5, 5.41) is 35.7. The largest absolute Gasteiger partial charge is 0.411 e. The summed E-state index contributed by atoms with van der Waals surface area (Å²) in [6.45, 7) is 8.78. The second-order valence-electron chi connectivity index (χ2n) is 12.4. The first kappa shape index (κ1) is 35.0. The Hall–Kier alpha value is -2.17. The van der Waals surface area contributed by atoms with Crippen LogP contribution in [0.3, 0.4) is 0 Å². The SMILES string of the molecule is CCCCCCCC(CC(O)CC(CC(O)CC(CCCCCCC)c1ccccc1C)=NO)c1ccccc1C. The summed E-state index contributed by atoms with van der Waals surface area (Å²) in [4.78, 5) is 0. The molecule has 0 saturated carbocycles. The topological polar surface area (TPSA) is 73.0 Å². The highest BCUT2D eigenvalue weighted by molar-refractivity contribution is 5.84. The van der Waals surface area contributed by atoms with Crippen molar-refractivity contribution in [1.82, 2.24) is 0 Å². The van der Waals surface area contributed by atoms with Gasteiger partial charge in [-0.15, -0.1) is 0 Å².